The molecule has 1 atom stereocenters. The van der Waals surface area contributed by atoms with E-state index in [0.717, 1.165) is 17.5 Å². The van der Waals surface area contributed by atoms with E-state index in [0.29, 0.717) is 36.4 Å². The summed E-state index contributed by atoms with van der Waals surface area (Å²) in [6.07, 6.45) is 3.14. The number of aromatic nitrogens is 2. The number of aryl methyl sites for hydroxylation is 2. The first-order chi connectivity index (χ1) is 14.9. The maximum absolute atomic E-state index is 12.8. The number of ether oxygens (including phenoxy) is 1. The minimum Gasteiger partial charge on any atom is -0.459 e. The second kappa shape index (κ2) is 8.71. The van der Waals surface area contributed by atoms with Crippen molar-refractivity contribution in [1.82, 2.24) is 14.3 Å². The van der Waals surface area contributed by atoms with Crippen LogP contribution in [-0.4, -0.2) is 39.3 Å². The van der Waals surface area contributed by atoms with Gasteiger partial charge in [-0.1, -0.05) is 23.8 Å². The molecule has 0 N–H and O–H groups in total. The van der Waals surface area contributed by atoms with Gasteiger partial charge in [-0.05, 0) is 50.5 Å². The highest BCUT2D eigenvalue weighted by Gasteiger charge is 2.30. The summed E-state index contributed by atoms with van der Waals surface area (Å²) >= 11 is 0. The minimum atomic E-state index is -0.382. The molecule has 1 fully saturated rings. The number of carbonyl (C=O) groups excluding carboxylic acids is 2. The molecule has 0 radical (unpaired) electrons. The first kappa shape index (κ1) is 20.8. The summed E-state index contributed by atoms with van der Waals surface area (Å²) in [7, 11) is 0. The molecule has 1 aliphatic heterocycles. The van der Waals surface area contributed by atoms with E-state index in [-0.39, 0.29) is 30.0 Å². The average Bonchev–Trinajstić information content (AvgIpc) is 2.78. The number of hydrogen-bond acceptors (Lipinski definition) is 5. The third-order valence-corrected chi connectivity index (χ3v) is 5.56. The number of benzene rings is 1. The number of amides is 1. The van der Waals surface area contributed by atoms with Crippen molar-refractivity contribution in [3.63, 3.8) is 0 Å². The Morgan fingerprint density at radius 2 is 1.84 bits per heavy atom. The summed E-state index contributed by atoms with van der Waals surface area (Å²) in [5, 5.41) is 0. The molecular weight excluding hydrogens is 394 g/mol. The topological polar surface area (TPSA) is 81.0 Å². The van der Waals surface area contributed by atoms with Crippen LogP contribution in [0.3, 0.4) is 0 Å². The summed E-state index contributed by atoms with van der Waals surface area (Å²) in [6, 6.07) is 12.5. The fourth-order valence-corrected chi connectivity index (χ4v) is 3.83. The summed E-state index contributed by atoms with van der Waals surface area (Å²) in [5.74, 6) is -0.823. The fraction of sp³-hybridized carbons (Fsp3) is 0.333. The van der Waals surface area contributed by atoms with Crippen molar-refractivity contribution in [1.29, 1.82) is 0 Å². The van der Waals surface area contributed by atoms with E-state index in [9.17, 15) is 14.4 Å². The van der Waals surface area contributed by atoms with Crippen LogP contribution in [0.25, 0.3) is 5.65 Å². The van der Waals surface area contributed by atoms with Crippen LogP contribution in [0.4, 0.5) is 0 Å². The van der Waals surface area contributed by atoms with Crippen LogP contribution in [0.15, 0.2) is 53.5 Å². The van der Waals surface area contributed by atoms with Crippen molar-refractivity contribution in [2.24, 2.45) is 5.92 Å². The zero-order valence-corrected chi connectivity index (χ0v) is 17.7. The van der Waals surface area contributed by atoms with Gasteiger partial charge in [0.05, 0.1) is 11.6 Å². The number of hydrogen-bond donors (Lipinski definition) is 0. The molecular formula is C24H25N3O4. The zero-order chi connectivity index (χ0) is 22.0. The number of piperidine rings is 1. The highest BCUT2D eigenvalue weighted by Crippen LogP contribution is 2.20. The Labute approximate surface area is 180 Å². The molecule has 2 aromatic heterocycles. The first-order valence-electron chi connectivity index (χ1n) is 10.4. The standard InChI is InChI=1S/C24H25N3O4/c1-16-5-8-18(9-6-16)23(29)26-11-3-4-19(14-26)24(30)31-15-20-12-22(28)27-13-17(2)7-10-21(27)25-20/h5-10,12-13,19H,3-4,11,14-15H2,1-2H3/t19-/m0/s1. The molecule has 3 heterocycles. The lowest BCUT2D eigenvalue weighted by atomic mass is 9.97. The molecule has 0 aliphatic carbocycles. The van der Waals surface area contributed by atoms with Crippen molar-refractivity contribution in [2.75, 3.05) is 13.1 Å². The Hall–Kier alpha value is -3.48. The van der Waals surface area contributed by atoms with Gasteiger partial charge < -0.3 is 9.64 Å². The molecule has 0 saturated carbocycles. The van der Waals surface area contributed by atoms with Gasteiger partial charge in [0.1, 0.15) is 12.3 Å². The minimum absolute atomic E-state index is 0.0686. The molecule has 4 rings (SSSR count). The largest absolute Gasteiger partial charge is 0.459 e. The molecule has 1 saturated heterocycles. The summed E-state index contributed by atoms with van der Waals surface area (Å²) < 4.78 is 6.93. The van der Waals surface area contributed by atoms with Crippen LogP contribution < -0.4 is 5.56 Å². The second-order valence-electron chi connectivity index (χ2n) is 8.08. The predicted molar refractivity (Wildman–Crippen MR) is 116 cm³/mol. The maximum atomic E-state index is 12.8. The first-order valence-corrected chi connectivity index (χ1v) is 10.4. The molecule has 1 aliphatic rings. The van der Waals surface area contributed by atoms with E-state index in [1.807, 2.05) is 44.2 Å². The normalized spacial score (nSPS) is 16.3. The Bertz CT molecular complexity index is 1180. The van der Waals surface area contributed by atoms with Gasteiger partial charge in [-0.3, -0.25) is 18.8 Å². The smallest absolute Gasteiger partial charge is 0.311 e. The van der Waals surface area contributed by atoms with Crippen LogP contribution in [0.1, 0.15) is 40.0 Å². The third-order valence-electron chi connectivity index (χ3n) is 5.56. The SMILES string of the molecule is Cc1ccc(C(=O)N2CCC[C@H](C(=O)OCc3cc(=O)n4cc(C)ccc4n3)C2)cc1. The van der Waals surface area contributed by atoms with E-state index >= 15 is 0 Å². The van der Waals surface area contributed by atoms with E-state index < -0.39 is 0 Å². The molecule has 1 amide bonds. The van der Waals surface area contributed by atoms with E-state index in [2.05, 4.69) is 4.98 Å². The Kier molecular flexibility index (Phi) is 5.84. The molecule has 3 aromatic rings. The second-order valence-corrected chi connectivity index (χ2v) is 8.08. The van der Waals surface area contributed by atoms with Gasteiger partial charge >= 0.3 is 5.97 Å². The highest BCUT2D eigenvalue weighted by molar-refractivity contribution is 5.94. The predicted octanol–water partition coefficient (Wildman–Crippen LogP) is 2.91. The lowest BCUT2D eigenvalue weighted by Crippen LogP contribution is -2.42. The van der Waals surface area contributed by atoms with Gasteiger partial charge in [-0.2, -0.15) is 0 Å². The Morgan fingerprint density at radius 1 is 1.10 bits per heavy atom. The molecule has 0 spiro atoms. The number of likely N-dealkylation sites (tertiary alicyclic amines) is 1. The van der Waals surface area contributed by atoms with E-state index in [1.54, 1.807) is 17.2 Å². The Balaban J connectivity index is 1.40. The molecule has 7 nitrogen and oxygen atoms in total. The van der Waals surface area contributed by atoms with Crippen LogP contribution in [0.2, 0.25) is 0 Å². The van der Waals surface area contributed by atoms with Gasteiger partial charge in [0.25, 0.3) is 11.5 Å². The molecule has 160 valence electrons. The lowest BCUT2D eigenvalue weighted by Gasteiger charge is -2.31. The van der Waals surface area contributed by atoms with Gasteiger partial charge in [0.2, 0.25) is 0 Å². The number of carbonyl (C=O) groups is 2. The van der Waals surface area contributed by atoms with Crippen LogP contribution in [0.5, 0.6) is 0 Å². The van der Waals surface area contributed by atoms with Crippen molar-refractivity contribution in [3.05, 3.63) is 81.4 Å². The van der Waals surface area contributed by atoms with Crippen LogP contribution in [-0.2, 0) is 16.1 Å². The van der Waals surface area contributed by atoms with E-state index in [1.165, 1.54) is 10.5 Å². The summed E-state index contributed by atoms with van der Waals surface area (Å²) in [6.45, 7) is 4.76. The number of esters is 1. The number of rotatable bonds is 4. The van der Waals surface area contributed by atoms with Crippen molar-refractivity contribution < 1.29 is 14.3 Å². The van der Waals surface area contributed by atoms with Crippen LogP contribution >= 0.6 is 0 Å². The van der Waals surface area contributed by atoms with Gasteiger partial charge in [-0.15, -0.1) is 0 Å². The maximum Gasteiger partial charge on any atom is 0.311 e. The monoisotopic (exact) mass is 419 g/mol. The van der Waals surface area contributed by atoms with Gasteiger partial charge in [0, 0.05) is 30.9 Å². The molecule has 0 bridgehead atoms. The van der Waals surface area contributed by atoms with Gasteiger partial charge in [0.15, 0.2) is 0 Å². The fourth-order valence-electron chi connectivity index (χ4n) is 3.83. The third kappa shape index (κ3) is 4.66. The van der Waals surface area contributed by atoms with E-state index in [4.69, 9.17) is 4.74 Å². The number of fused-ring (bicyclic) bond motifs is 1. The van der Waals surface area contributed by atoms with Gasteiger partial charge in [-0.25, -0.2) is 4.98 Å². The average molecular weight is 419 g/mol. The molecule has 31 heavy (non-hydrogen) atoms. The quantitative estimate of drug-likeness (QED) is 0.608. The lowest BCUT2D eigenvalue weighted by molar-refractivity contribution is -0.151. The summed E-state index contributed by atoms with van der Waals surface area (Å²) in [4.78, 5) is 43.8. The van der Waals surface area contributed by atoms with Crippen molar-refractivity contribution >= 4 is 17.5 Å². The van der Waals surface area contributed by atoms with Crippen LogP contribution in [0, 0.1) is 19.8 Å². The Morgan fingerprint density at radius 3 is 2.61 bits per heavy atom. The van der Waals surface area contributed by atoms with Crippen molar-refractivity contribution in [3.8, 4) is 0 Å². The summed E-state index contributed by atoms with van der Waals surface area (Å²) in [5.41, 5.74) is 3.37. The van der Waals surface area contributed by atoms with Crippen molar-refractivity contribution in [2.45, 2.75) is 33.3 Å². The molecule has 1 aromatic carbocycles. The number of pyridine rings is 1. The highest BCUT2D eigenvalue weighted by atomic mass is 16.5. The number of nitrogens with zero attached hydrogens (tertiary/aromatic N) is 3. The molecule has 7 heteroatoms. The molecule has 0 unspecified atom stereocenters. The zero-order valence-electron chi connectivity index (χ0n) is 17.7.